The average Bonchev–Trinajstić information content (AvgIpc) is 3.03. The molecule has 6 heteroatoms. The van der Waals surface area contributed by atoms with Gasteiger partial charge in [0.15, 0.2) is 0 Å². The number of amides is 2. The monoisotopic (exact) mass is 293 g/mol. The molecule has 2 amide bonds. The summed E-state index contributed by atoms with van der Waals surface area (Å²) < 4.78 is 10.5. The maximum absolute atomic E-state index is 12.2. The smallest absolute Gasteiger partial charge is 0.317 e. The summed E-state index contributed by atoms with van der Waals surface area (Å²) in [7, 11) is 1.58. The molecule has 0 unspecified atom stereocenters. The molecule has 0 aliphatic carbocycles. The summed E-state index contributed by atoms with van der Waals surface area (Å²) in [6.07, 6.45) is 2.70. The number of ether oxygens (including phenoxy) is 2. The zero-order valence-corrected chi connectivity index (χ0v) is 12.7. The molecule has 1 fully saturated rings. The first-order valence-electron chi connectivity index (χ1n) is 7.33. The van der Waals surface area contributed by atoms with E-state index in [1.165, 1.54) is 0 Å². The summed E-state index contributed by atoms with van der Waals surface area (Å²) in [5, 5.41) is 2.92. The Bertz CT molecular complexity index is 461. The molecule has 6 nitrogen and oxygen atoms in total. The molecule has 0 saturated carbocycles. The third-order valence-corrected chi connectivity index (χ3v) is 3.64. The largest absolute Gasteiger partial charge is 0.481 e. The molecule has 0 radical (unpaired) electrons. The van der Waals surface area contributed by atoms with E-state index in [2.05, 4.69) is 10.3 Å². The molecule has 1 N–H and O–H groups in total. The molecule has 1 saturated heterocycles. The highest BCUT2D eigenvalue weighted by molar-refractivity contribution is 5.74. The number of aromatic nitrogens is 1. The van der Waals surface area contributed by atoms with Gasteiger partial charge in [-0.2, -0.15) is 0 Å². The number of urea groups is 1. The fourth-order valence-corrected chi connectivity index (χ4v) is 2.42. The molecule has 0 bridgehead atoms. The minimum atomic E-state index is -0.0599. The number of hydrogen-bond acceptors (Lipinski definition) is 4. The summed E-state index contributed by atoms with van der Waals surface area (Å²) in [5.74, 6) is 0.994. The van der Waals surface area contributed by atoms with Crippen LogP contribution < -0.4 is 10.1 Å². The Labute approximate surface area is 125 Å². The second kappa shape index (κ2) is 7.83. The first-order valence-corrected chi connectivity index (χ1v) is 7.33. The first kappa shape index (κ1) is 15.6. The van der Waals surface area contributed by atoms with Crippen molar-refractivity contribution in [1.82, 2.24) is 15.2 Å². The lowest BCUT2D eigenvalue weighted by Crippen LogP contribution is -2.42. The van der Waals surface area contributed by atoms with Crippen LogP contribution >= 0.6 is 0 Å². The molecule has 1 aromatic rings. The maximum Gasteiger partial charge on any atom is 0.317 e. The van der Waals surface area contributed by atoms with Crippen molar-refractivity contribution in [2.24, 2.45) is 5.92 Å². The van der Waals surface area contributed by atoms with Gasteiger partial charge in [-0.25, -0.2) is 9.78 Å². The van der Waals surface area contributed by atoms with Gasteiger partial charge in [0.05, 0.1) is 13.7 Å². The number of carbonyl (C=O) groups is 1. The normalized spacial score (nSPS) is 17.5. The number of pyridine rings is 1. The van der Waals surface area contributed by atoms with E-state index in [1.54, 1.807) is 13.3 Å². The quantitative estimate of drug-likeness (QED) is 0.866. The van der Waals surface area contributed by atoms with Crippen LogP contribution in [-0.4, -0.2) is 49.3 Å². The summed E-state index contributed by atoms with van der Waals surface area (Å²) in [4.78, 5) is 18.2. The van der Waals surface area contributed by atoms with Crippen molar-refractivity contribution in [2.75, 3.05) is 33.4 Å². The van der Waals surface area contributed by atoms with Gasteiger partial charge in [0.25, 0.3) is 0 Å². The fourth-order valence-electron chi connectivity index (χ4n) is 2.42. The van der Waals surface area contributed by atoms with Crippen LogP contribution in [0.5, 0.6) is 5.88 Å². The van der Waals surface area contributed by atoms with Crippen molar-refractivity contribution in [1.29, 1.82) is 0 Å². The maximum atomic E-state index is 12.2. The van der Waals surface area contributed by atoms with Crippen LogP contribution in [0.3, 0.4) is 0 Å². The third-order valence-electron chi connectivity index (χ3n) is 3.64. The van der Waals surface area contributed by atoms with Crippen LogP contribution in [0.1, 0.15) is 18.9 Å². The number of rotatable bonds is 6. The second-order valence-corrected chi connectivity index (χ2v) is 5.10. The number of nitrogens with zero attached hydrogens (tertiary/aromatic N) is 2. The van der Waals surface area contributed by atoms with Gasteiger partial charge in [0.2, 0.25) is 5.88 Å². The molecule has 21 heavy (non-hydrogen) atoms. The summed E-state index contributed by atoms with van der Waals surface area (Å²) >= 11 is 0. The van der Waals surface area contributed by atoms with E-state index in [4.69, 9.17) is 9.47 Å². The van der Waals surface area contributed by atoms with Crippen molar-refractivity contribution >= 4 is 6.03 Å². The van der Waals surface area contributed by atoms with Crippen LogP contribution in [0.15, 0.2) is 18.3 Å². The van der Waals surface area contributed by atoms with Crippen molar-refractivity contribution < 1.29 is 14.3 Å². The zero-order valence-electron chi connectivity index (χ0n) is 12.7. The van der Waals surface area contributed by atoms with Gasteiger partial charge in [-0.3, -0.25) is 0 Å². The molecular formula is C15H23N3O3. The average molecular weight is 293 g/mol. The predicted molar refractivity (Wildman–Crippen MR) is 79.2 cm³/mol. The Morgan fingerprint density at radius 3 is 3.14 bits per heavy atom. The van der Waals surface area contributed by atoms with Gasteiger partial charge < -0.3 is 19.7 Å². The minimum Gasteiger partial charge on any atom is -0.481 e. The second-order valence-electron chi connectivity index (χ2n) is 5.10. The number of carbonyl (C=O) groups excluding carboxylic acids is 1. The molecule has 2 rings (SSSR count). The first-order chi connectivity index (χ1) is 10.2. The van der Waals surface area contributed by atoms with Gasteiger partial charge in [-0.05, 0) is 19.4 Å². The van der Waals surface area contributed by atoms with E-state index in [0.29, 0.717) is 24.9 Å². The Balaban J connectivity index is 1.86. The van der Waals surface area contributed by atoms with Crippen LogP contribution in [-0.2, 0) is 11.3 Å². The summed E-state index contributed by atoms with van der Waals surface area (Å²) in [6, 6.07) is 3.67. The lowest BCUT2D eigenvalue weighted by molar-refractivity contribution is 0.166. The van der Waals surface area contributed by atoms with Gasteiger partial charge in [0.1, 0.15) is 0 Å². The number of methoxy groups -OCH3 is 1. The highest BCUT2D eigenvalue weighted by Gasteiger charge is 2.21. The van der Waals surface area contributed by atoms with Crippen molar-refractivity contribution in [3.8, 4) is 5.88 Å². The van der Waals surface area contributed by atoms with Gasteiger partial charge in [-0.15, -0.1) is 0 Å². The highest BCUT2D eigenvalue weighted by Crippen LogP contribution is 2.15. The molecule has 116 valence electrons. The number of hydrogen-bond donors (Lipinski definition) is 1. The molecule has 1 aromatic heterocycles. The predicted octanol–water partition coefficient (Wildman–Crippen LogP) is 1.66. The summed E-state index contributed by atoms with van der Waals surface area (Å²) in [5.41, 5.74) is 0.869. The van der Waals surface area contributed by atoms with Crippen LogP contribution in [0.4, 0.5) is 4.79 Å². The van der Waals surface area contributed by atoms with Crippen LogP contribution in [0.2, 0.25) is 0 Å². The van der Waals surface area contributed by atoms with E-state index in [9.17, 15) is 4.79 Å². The topological polar surface area (TPSA) is 63.7 Å². The molecular weight excluding hydrogens is 270 g/mol. The lowest BCUT2D eigenvalue weighted by Gasteiger charge is -2.24. The van der Waals surface area contributed by atoms with E-state index < -0.39 is 0 Å². The summed E-state index contributed by atoms with van der Waals surface area (Å²) in [6.45, 7) is 5.38. The van der Waals surface area contributed by atoms with Crippen molar-refractivity contribution in [3.05, 3.63) is 23.9 Å². The third kappa shape index (κ3) is 4.32. The van der Waals surface area contributed by atoms with Crippen molar-refractivity contribution in [3.63, 3.8) is 0 Å². The molecule has 0 aromatic carbocycles. The van der Waals surface area contributed by atoms with E-state index in [-0.39, 0.29) is 6.03 Å². The molecule has 0 spiro atoms. The van der Waals surface area contributed by atoms with Crippen molar-refractivity contribution in [2.45, 2.75) is 19.9 Å². The Kier molecular flexibility index (Phi) is 5.80. The fraction of sp³-hybridized carbons (Fsp3) is 0.600. The molecule has 1 aliphatic heterocycles. The highest BCUT2D eigenvalue weighted by atomic mass is 16.5. The lowest BCUT2D eigenvalue weighted by atomic mass is 10.1. The Hall–Kier alpha value is -1.82. The van der Waals surface area contributed by atoms with Gasteiger partial charge in [0, 0.05) is 43.9 Å². The standard InChI is InChI=1S/C15H23N3O3/c1-3-18(10-12-6-8-21-11-12)15(19)17-9-13-5-4-7-16-14(13)20-2/h4-5,7,12H,3,6,8-11H2,1-2H3,(H,17,19)/t12-/m1/s1. The Morgan fingerprint density at radius 1 is 1.62 bits per heavy atom. The van der Waals surface area contributed by atoms with Crippen LogP contribution in [0.25, 0.3) is 0 Å². The molecule has 1 atom stereocenters. The SMILES string of the molecule is CCN(C[C@H]1CCOC1)C(=O)NCc1cccnc1OC. The van der Waals surface area contributed by atoms with Crippen LogP contribution in [0, 0.1) is 5.92 Å². The van der Waals surface area contributed by atoms with E-state index in [0.717, 1.165) is 31.7 Å². The number of nitrogens with one attached hydrogen (secondary N) is 1. The molecule has 2 heterocycles. The zero-order chi connectivity index (χ0) is 15.1. The van der Waals surface area contributed by atoms with E-state index >= 15 is 0 Å². The molecule has 1 aliphatic rings. The van der Waals surface area contributed by atoms with Gasteiger partial charge in [-0.1, -0.05) is 6.07 Å². The van der Waals surface area contributed by atoms with Gasteiger partial charge >= 0.3 is 6.03 Å². The van der Waals surface area contributed by atoms with E-state index in [1.807, 2.05) is 24.0 Å². The Morgan fingerprint density at radius 2 is 2.48 bits per heavy atom. The minimum absolute atomic E-state index is 0.0599.